The fraction of sp³-hybridized carbons (Fsp3) is 0.500. The first-order valence-electron chi connectivity index (χ1n) is 8.53. The van der Waals surface area contributed by atoms with Gasteiger partial charge in [0.25, 0.3) is 10.0 Å². The molecule has 0 saturated carbocycles. The van der Waals surface area contributed by atoms with Gasteiger partial charge in [-0.1, -0.05) is 19.1 Å². The molecule has 1 heterocycles. The summed E-state index contributed by atoms with van der Waals surface area (Å²) in [6.45, 7) is 3.77. The molecular weight excluding hydrogens is 338 g/mol. The van der Waals surface area contributed by atoms with Crippen molar-refractivity contribution >= 4 is 21.8 Å². The highest BCUT2D eigenvalue weighted by molar-refractivity contribution is 7.93. The summed E-state index contributed by atoms with van der Waals surface area (Å²) in [4.78, 5) is 1.99. The molecular formula is C18H25N3O3S. The molecule has 0 spiro atoms. The minimum atomic E-state index is -3.88. The van der Waals surface area contributed by atoms with Crippen molar-refractivity contribution in [3.05, 3.63) is 34.7 Å². The molecule has 1 aliphatic heterocycles. The summed E-state index contributed by atoms with van der Waals surface area (Å²) in [6.07, 6.45) is 5.02. The summed E-state index contributed by atoms with van der Waals surface area (Å²) < 4.78 is 26.8. The smallest absolute Gasteiger partial charge is 0.250 e. The molecule has 0 aromatic heterocycles. The fourth-order valence-corrected chi connectivity index (χ4v) is 3.72. The topological polar surface area (TPSA) is 93.4 Å². The number of nitrogens with zero attached hydrogens (tertiary/aromatic N) is 2. The number of anilines is 1. The van der Waals surface area contributed by atoms with Gasteiger partial charge < -0.3 is 10.0 Å². The van der Waals surface area contributed by atoms with Crippen LogP contribution in [0, 0.1) is 17.2 Å². The summed E-state index contributed by atoms with van der Waals surface area (Å²) in [7, 11) is -3.88. The van der Waals surface area contributed by atoms with Crippen LogP contribution in [0.1, 0.15) is 31.7 Å². The zero-order valence-corrected chi connectivity index (χ0v) is 15.3. The Bertz CT molecular complexity index is 730. The average molecular weight is 363 g/mol. The number of hydrogen-bond acceptors (Lipinski definition) is 5. The molecule has 1 aromatic rings. The number of piperidine rings is 1. The Balaban J connectivity index is 2.12. The second kappa shape index (κ2) is 8.99. The van der Waals surface area contributed by atoms with Crippen LogP contribution in [0.5, 0.6) is 0 Å². The molecule has 136 valence electrons. The molecule has 6 nitrogen and oxygen atoms in total. The van der Waals surface area contributed by atoms with Crippen LogP contribution in [-0.4, -0.2) is 39.8 Å². The van der Waals surface area contributed by atoms with Gasteiger partial charge in [0.05, 0.1) is 0 Å². The van der Waals surface area contributed by atoms with E-state index in [1.165, 1.54) is 25.3 Å². The molecule has 0 aliphatic carbocycles. The molecule has 1 aliphatic rings. The Hall–Kier alpha value is -1.88. The minimum Gasteiger partial charge on any atom is -0.396 e. The molecule has 0 bridgehead atoms. The Morgan fingerprint density at radius 1 is 1.32 bits per heavy atom. The zero-order valence-electron chi connectivity index (χ0n) is 14.5. The number of hydrogen-bond donors (Lipinski definition) is 2. The number of benzene rings is 1. The molecule has 2 N–H and O–H groups in total. The van der Waals surface area contributed by atoms with Crippen molar-refractivity contribution in [1.82, 2.24) is 4.72 Å². The van der Waals surface area contributed by atoms with E-state index in [0.717, 1.165) is 18.8 Å². The molecule has 1 saturated heterocycles. The lowest BCUT2D eigenvalue weighted by Gasteiger charge is -2.28. The summed E-state index contributed by atoms with van der Waals surface area (Å²) in [5, 5.41) is 18.2. The maximum atomic E-state index is 12.2. The lowest BCUT2D eigenvalue weighted by atomic mass is 10.1. The molecule has 1 unspecified atom stereocenters. The van der Waals surface area contributed by atoms with E-state index in [1.807, 2.05) is 24.3 Å². The van der Waals surface area contributed by atoms with E-state index >= 15 is 0 Å². The van der Waals surface area contributed by atoms with Crippen LogP contribution in [0.2, 0.25) is 0 Å². The van der Waals surface area contributed by atoms with Crippen LogP contribution in [0.25, 0.3) is 6.08 Å². The number of nitrogens with one attached hydrogen (secondary N) is 1. The predicted molar refractivity (Wildman–Crippen MR) is 99.3 cm³/mol. The zero-order chi connectivity index (χ0) is 18.3. The van der Waals surface area contributed by atoms with E-state index in [4.69, 9.17) is 5.11 Å². The quantitative estimate of drug-likeness (QED) is 0.724. The summed E-state index contributed by atoms with van der Waals surface area (Å²) >= 11 is 0. The van der Waals surface area contributed by atoms with Crippen LogP contribution in [0.4, 0.5) is 5.69 Å². The summed E-state index contributed by atoms with van der Waals surface area (Å²) in [5.74, 6) is -0.210. The third-order valence-corrected chi connectivity index (χ3v) is 5.58. The largest absolute Gasteiger partial charge is 0.396 e. The molecule has 7 heteroatoms. The second-order valence-corrected chi connectivity index (χ2v) is 8.13. The first-order valence-corrected chi connectivity index (χ1v) is 10.0. The SMILES string of the molecule is CC(CO)CNS(=O)(=O)/C(C#N)=C/c1ccc(N2CCCCC2)cc1. The number of allylic oxidation sites excluding steroid dienone is 1. The molecule has 25 heavy (non-hydrogen) atoms. The maximum Gasteiger partial charge on any atom is 0.250 e. The maximum absolute atomic E-state index is 12.2. The van der Waals surface area contributed by atoms with Crippen molar-refractivity contribution in [2.75, 3.05) is 31.1 Å². The van der Waals surface area contributed by atoms with Crippen LogP contribution in [-0.2, 0) is 10.0 Å². The van der Waals surface area contributed by atoms with Gasteiger partial charge in [-0.05, 0) is 49.0 Å². The number of nitriles is 1. The summed E-state index contributed by atoms with van der Waals surface area (Å²) in [5.41, 5.74) is 1.78. The molecule has 1 aromatic carbocycles. The standard InChI is InChI=1S/C18H25N3O3S/c1-15(14-22)13-20-25(23,24)18(12-19)11-16-5-7-17(8-6-16)21-9-3-2-4-10-21/h5-8,11,15,20,22H,2-4,9-10,13-14H2,1H3/b18-11+. The van der Waals surface area contributed by atoms with Gasteiger partial charge in [-0.3, -0.25) is 0 Å². The van der Waals surface area contributed by atoms with E-state index in [-0.39, 0.29) is 24.0 Å². The Morgan fingerprint density at radius 2 is 1.96 bits per heavy atom. The average Bonchev–Trinajstić information content (AvgIpc) is 2.65. The van der Waals surface area contributed by atoms with Gasteiger partial charge in [0.15, 0.2) is 4.91 Å². The van der Waals surface area contributed by atoms with Gasteiger partial charge in [-0.2, -0.15) is 5.26 Å². The second-order valence-electron chi connectivity index (χ2n) is 6.40. The van der Waals surface area contributed by atoms with Gasteiger partial charge >= 0.3 is 0 Å². The van der Waals surface area contributed by atoms with Gasteiger partial charge in [0.1, 0.15) is 6.07 Å². The highest BCUT2D eigenvalue weighted by Crippen LogP contribution is 2.21. The third kappa shape index (κ3) is 5.56. The van der Waals surface area contributed by atoms with Gasteiger partial charge in [0.2, 0.25) is 0 Å². The molecule has 1 fully saturated rings. The first-order chi connectivity index (χ1) is 12.0. The lowest BCUT2D eigenvalue weighted by Crippen LogP contribution is -2.30. The number of aliphatic hydroxyl groups excluding tert-OH is 1. The van der Waals surface area contributed by atoms with Gasteiger partial charge in [0, 0.05) is 31.9 Å². The Kier molecular flexibility index (Phi) is 7.00. The van der Waals surface area contributed by atoms with Gasteiger partial charge in [-0.25, -0.2) is 13.1 Å². The number of sulfonamides is 1. The highest BCUT2D eigenvalue weighted by Gasteiger charge is 2.18. The van der Waals surface area contributed by atoms with E-state index in [1.54, 1.807) is 13.0 Å². The monoisotopic (exact) mass is 363 g/mol. The number of aliphatic hydroxyl groups is 1. The molecule has 0 amide bonds. The number of rotatable bonds is 7. The van der Waals surface area contributed by atoms with Crippen molar-refractivity contribution < 1.29 is 13.5 Å². The Labute approximate surface area is 149 Å². The van der Waals surface area contributed by atoms with E-state index in [0.29, 0.717) is 5.56 Å². The van der Waals surface area contributed by atoms with Crippen molar-refractivity contribution in [3.8, 4) is 6.07 Å². The van der Waals surface area contributed by atoms with Crippen LogP contribution < -0.4 is 9.62 Å². The minimum absolute atomic E-state index is 0.0890. The van der Waals surface area contributed by atoms with Gasteiger partial charge in [-0.15, -0.1) is 0 Å². The van der Waals surface area contributed by atoms with E-state index < -0.39 is 10.0 Å². The lowest BCUT2D eigenvalue weighted by molar-refractivity contribution is 0.239. The van der Waals surface area contributed by atoms with Crippen molar-refractivity contribution in [1.29, 1.82) is 5.26 Å². The molecule has 1 atom stereocenters. The third-order valence-electron chi connectivity index (χ3n) is 4.25. The Morgan fingerprint density at radius 3 is 2.52 bits per heavy atom. The molecule has 2 rings (SSSR count). The van der Waals surface area contributed by atoms with Crippen LogP contribution >= 0.6 is 0 Å². The van der Waals surface area contributed by atoms with E-state index in [2.05, 4.69) is 9.62 Å². The van der Waals surface area contributed by atoms with Crippen molar-refractivity contribution in [2.24, 2.45) is 5.92 Å². The van der Waals surface area contributed by atoms with Crippen LogP contribution in [0.15, 0.2) is 29.2 Å². The summed E-state index contributed by atoms with van der Waals surface area (Å²) in [6, 6.07) is 9.32. The highest BCUT2D eigenvalue weighted by atomic mass is 32.2. The normalized spacial score (nSPS) is 17.2. The molecule has 0 radical (unpaired) electrons. The predicted octanol–water partition coefficient (Wildman–Crippen LogP) is 2.09. The van der Waals surface area contributed by atoms with Crippen molar-refractivity contribution in [2.45, 2.75) is 26.2 Å². The van der Waals surface area contributed by atoms with E-state index in [9.17, 15) is 13.7 Å². The fourth-order valence-electron chi connectivity index (χ4n) is 2.65. The first kappa shape index (κ1) is 19.4. The van der Waals surface area contributed by atoms with Crippen LogP contribution in [0.3, 0.4) is 0 Å². The van der Waals surface area contributed by atoms with Crippen molar-refractivity contribution in [3.63, 3.8) is 0 Å².